The highest BCUT2D eigenvalue weighted by Crippen LogP contribution is 2.23. The highest BCUT2D eigenvalue weighted by atomic mass is 35.5. The minimum absolute atomic E-state index is 0. The van der Waals surface area contributed by atoms with Crippen molar-refractivity contribution in [1.82, 2.24) is 10.6 Å². The number of halogens is 1. The van der Waals surface area contributed by atoms with Gasteiger partial charge in [0, 0.05) is 6.04 Å². The zero-order valence-corrected chi connectivity index (χ0v) is 11.0. The van der Waals surface area contributed by atoms with Crippen molar-refractivity contribution in [2.45, 2.75) is 38.6 Å². The Bertz CT molecular complexity index is 261. The van der Waals surface area contributed by atoms with Gasteiger partial charge in [-0.05, 0) is 18.8 Å². The summed E-state index contributed by atoms with van der Waals surface area (Å²) in [6, 6.07) is 0.269. The van der Waals surface area contributed by atoms with Gasteiger partial charge in [-0.2, -0.15) is 0 Å². The van der Waals surface area contributed by atoms with Crippen LogP contribution in [0.1, 0.15) is 32.6 Å². The molecule has 0 aromatic carbocycles. The molecule has 1 saturated carbocycles. The molecule has 1 fully saturated rings. The van der Waals surface area contributed by atoms with E-state index >= 15 is 0 Å². The first-order valence-corrected chi connectivity index (χ1v) is 5.88. The summed E-state index contributed by atoms with van der Waals surface area (Å²) in [4.78, 5) is 22.3. The van der Waals surface area contributed by atoms with Crippen LogP contribution in [-0.4, -0.2) is 30.9 Å². The van der Waals surface area contributed by atoms with Gasteiger partial charge >= 0.3 is 0 Å². The van der Waals surface area contributed by atoms with Gasteiger partial charge < -0.3 is 16.4 Å². The van der Waals surface area contributed by atoms with Crippen molar-refractivity contribution in [2.75, 3.05) is 13.1 Å². The van der Waals surface area contributed by atoms with Crippen LogP contribution in [0.25, 0.3) is 0 Å². The van der Waals surface area contributed by atoms with Crippen LogP contribution in [0.15, 0.2) is 0 Å². The second kappa shape index (κ2) is 8.31. The van der Waals surface area contributed by atoms with E-state index < -0.39 is 0 Å². The lowest BCUT2D eigenvalue weighted by molar-refractivity contribution is -0.125. The largest absolute Gasteiger partial charge is 0.352 e. The molecule has 0 spiro atoms. The first-order chi connectivity index (χ1) is 7.61. The summed E-state index contributed by atoms with van der Waals surface area (Å²) in [6.45, 7) is 2.16. The first-order valence-electron chi connectivity index (χ1n) is 5.88. The van der Waals surface area contributed by atoms with E-state index in [1.165, 1.54) is 12.8 Å². The molecule has 0 saturated heterocycles. The monoisotopic (exact) mass is 263 g/mol. The lowest BCUT2D eigenvalue weighted by Crippen LogP contribution is -2.44. The molecule has 1 aliphatic rings. The molecule has 0 bridgehead atoms. The SMILES string of the molecule is CC1CCCC(NC(=O)CNC(=O)CN)C1.Cl. The Morgan fingerprint density at radius 1 is 1.29 bits per heavy atom. The van der Waals surface area contributed by atoms with Gasteiger partial charge in [-0.3, -0.25) is 9.59 Å². The van der Waals surface area contributed by atoms with Gasteiger partial charge in [-0.1, -0.05) is 19.8 Å². The summed E-state index contributed by atoms with van der Waals surface area (Å²) >= 11 is 0. The summed E-state index contributed by atoms with van der Waals surface area (Å²) in [6.07, 6.45) is 4.50. The Morgan fingerprint density at radius 3 is 2.59 bits per heavy atom. The summed E-state index contributed by atoms with van der Waals surface area (Å²) in [7, 11) is 0. The third-order valence-electron chi connectivity index (χ3n) is 2.93. The predicted octanol–water partition coefficient (Wildman–Crippen LogP) is 0.178. The fraction of sp³-hybridized carbons (Fsp3) is 0.818. The molecule has 17 heavy (non-hydrogen) atoms. The summed E-state index contributed by atoms with van der Waals surface area (Å²) < 4.78 is 0. The fourth-order valence-electron chi connectivity index (χ4n) is 2.09. The molecule has 4 N–H and O–H groups in total. The zero-order chi connectivity index (χ0) is 12.0. The molecule has 0 aromatic rings. The number of rotatable bonds is 4. The summed E-state index contributed by atoms with van der Waals surface area (Å²) in [5.74, 6) is 0.255. The Hall–Kier alpha value is -0.810. The molecule has 2 unspecified atom stereocenters. The maximum absolute atomic E-state index is 11.5. The average molecular weight is 264 g/mol. The van der Waals surface area contributed by atoms with Gasteiger partial charge in [0.25, 0.3) is 0 Å². The van der Waals surface area contributed by atoms with Gasteiger partial charge in [0.1, 0.15) is 0 Å². The van der Waals surface area contributed by atoms with Crippen molar-refractivity contribution < 1.29 is 9.59 Å². The quantitative estimate of drug-likeness (QED) is 0.676. The number of hydrogen-bond donors (Lipinski definition) is 3. The van der Waals surface area contributed by atoms with E-state index in [0.29, 0.717) is 5.92 Å². The highest BCUT2D eigenvalue weighted by molar-refractivity contribution is 5.85. The second-order valence-electron chi connectivity index (χ2n) is 4.52. The van der Waals surface area contributed by atoms with E-state index in [9.17, 15) is 9.59 Å². The van der Waals surface area contributed by atoms with Gasteiger partial charge in [0.05, 0.1) is 13.1 Å². The van der Waals surface area contributed by atoms with E-state index in [-0.39, 0.29) is 43.4 Å². The molecule has 5 nitrogen and oxygen atoms in total. The van der Waals surface area contributed by atoms with Crippen molar-refractivity contribution in [3.8, 4) is 0 Å². The number of carbonyl (C=O) groups excluding carboxylic acids is 2. The van der Waals surface area contributed by atoms with Crippen molar-refractivity contribution in [3.05, 3.63) is 0 Å². The molecule has 0 radical (unpaired) electrons. The molecule has 100 valence electrons. The number of carbonyl (C=O) groups is 2. The highest BCUT2D eigenvalue weighted by Gasteiger charge is 2.20. The number of amides is 2. The van der Waals surface area contributed by atoms with Gasteiger partial charge in [-0.25, -0.2) is 0 Å². The average Bonchev–Trinajstić information content (AvgIpc) is 2.26. The third kappa shape index (κ3) is 6.48. The van der Waals surface area contributed by atoms with Crippen LogP contribution in [-0.2, 0) is 9.59 Å². The van der Waals surface area contributed by atoms with Crippen molar-refractivity contribution in [3.63, 3.8) is 0 Å². The van der Waals surface area contributed by atoms with Crippen LogP contribution < -0.4 is 16.4 Å². The molecule has 0 aliphatic heterocycles. The van der Waals surface area contributed by atoms with Crippen LogP contribution >= 0.6 is 12.4 Å². The Labute approximate surface area is 108 Å². The Balaban J connectivity index is 0.00000256. The maximum atomic E-state index is 11.5. The predicted molar refractivity (Wildman–Crippen MR) is 68.9 cm³/mol. The van der Waals surface area contributed by atoms with Crippen molar-refractivity contribution in [1.29, 1.82) is 0 Å². The molecule has 1 rings (SSSR count). The normalized spacial score (nSPS) is 23.4. The third-order valence-corrected chi connectivity index (χ3v) is 2.93. The van der Waals surface area contributed by atoms with Gasteiger partial charge in [0.15, 0.2) is 0 Å². The molecular weight excluding hydrogens is 242 g/mol. The smallest absolute Gasteiger partial charge is 0.239 e. The number of nitrogens with one attached hydrogen (secondary N) is 2. The zero-order valence-electron chi connectivity index (χ0n) is 10.2. The van der Waals surface area contributed by atoms with Crippen molar-refractivity contribution >= 4 is 24.2 Å². The summed E-state index contributed by atoms with van der Waals surface area (Å²) in [5.41, 5.74) is 5.12. The topological polar surface area (TPSA) is 84.2 Å². The lowest BCUT2D eigenvalue weighted by atomic mass is 9.87. The molecular formula is C11H22ClN3O2. The molecule has 0 aromatic heterocycles. The Morgan fingerprint density at radius 2 is 2.00 bits per heavy atom. The van der Waals surface area contributed by atoms with Crippen LogP contribution in [0.5, 0.6) is 0 Å². The maximum Gasteiger partial charge on any atom is 0.239 e. The minimum Gasteiger partial charge on any atom is -0.352 e. The molecule has 2 atom stereocenters. The minimum atomic E-state index is -0.299. The first kappa shape index (κ1) is 16.2. The van der Waals surface area contributed by atoms with Crippen LogP contribution in [0.3, 0.4) is 0 Å². The Kier molecular flexibility index (Phi) is 7.91. The van der Waals surface area contributed by atoms with Gasteiger partial charge in [0.2, 0.25) is 11.8 Å². The standard InChI is InChI=1S/C11H21N3O2.ClH/c1-8-3-2-4-9(5-8)14-11(16)7-13-10(15)6-12;/h8-9H,2-7,12H2,1H3,(H,13,15)(H,14,16);1H. The van der Waals surface area contributed by atoms with Crippen LogP contribution in [0, 0.1) is 5.92 Å². The van der Waals surface area contributed by atoms with E-state index in [2.05, 4.69) is 17.6 Å². The van der Waals surface area contributed by atoms with E-state index in [0.717, 1.165) is 12.8 Å². The second-order valence-corrected chi connectivity index (χ2v) is 4.52. The molecule has 2 amide bonds. The van der Waals surface area contributed by atoms with E-state index in [4.69, 9.17) is 5.73 Å². The van der Waals surface area contributed by atoms with Crippen molar-refractivity contribution in [2.24, 2.45) is 11.7 Å². The molecule has 0 heterocycles. The lowest BCUT2D eigenvalue weighted by Gasteiger charge is -2.27. The van der Waals surface area contributed by atoms with Crippen LogP contribution in [0.2, 0.25) is 0 Å². The number of nitrogens with two attached hydrogens (primary N) is 1. The van der Waals surface area contributed by atoms with Gasteiger partial charge in [-0.15, -0.1) is 12.4 Å². The van der Waals surface area contributed by atoms with E-state index in [1.54, 1.807) is 0 Å². The van der Waals surface area contributed by atoms with Crippen LogP contribution in [0.4, 0.5) is 0 Å². The van der Waals surface area contributed by atoms with E-state index in [1.807, 2.05) is 0 Å². The summed E-state index contributed by atoms with van der Waals surface area (Å²) in [5, 5.41) is 5.39. The fourth-order valence-corrected chi connectivity index (χ4v) is 2.09. The molecule has 6 heteroatoms. The molecule has 1 aliphatic carbocycles. The number of hydrogen-bond acceptors (Lipinski definition) is 3.